The van der Waals surface area contributed by atoms with Crippen LogP contribution in [0.1, 0.15) is 0 Å². The van der Waals surface area contributed by atoms with Gasteiger partial charge in [-0.25, -0.2) is 9.37 Å². The minimum absolute atomic E-state index is 0.282. The fourth-order valence-corrected chi connectivity index (χ4v) is 2.78. The van der Waals surface area contributed by atoms with Gasteiger partial charge in [0.25, 0.3) is 0 Å². The Morgan fingerprint density at radius 2 is 1.67 bits per heavy atom. The van der Waals surface area contributed by atoms with Crippen LogP contribution >= 0.6 is 15.9 Å². The summed E-state index contributed by atoms with van der Waals surface area (Å²) in [5.74, 6) is 0.937. The largest absolute Gasteiger partial charge is 0.446 e. The zero-order valence-electron chi connectivity index (χ0n) is 12.3. The highest BCUT2D eigenvalue weighted by molar-refractivity contribution is 9.10. The molecule has 0 saturated carbocycles. The third kappa shape index (κ3) is 2.76. The van der Waals surface area contributed by atoms with Gasteiger partial charge in [0.2, 0.25) is 0 Å². The Kier molecular flexibility index (Phi) is 3.74. The van der Waals surface area contributed by atoms with Gasteiger partial charge >= 0.3 is 0 Å². The van der Waals surface area contributed by atoms with Crippen LogP contribution in [0.3, 0.4) is 0 Å². The number of benzene rings is 1. The van der Waals surface area contributed by atoms with Gasteiger partial charge in [0.05, 0.1) is 11.4 Å². The van der Waals surface area contributed by atoms with Gasteiger partial charge in [-0.05, 0) is 64.5 Å². The number of hydrogen-bond acceptors (Lipinski definition) is 3. The summed E-state index contributed by atoms with van der Waals surface area (Å²) in [4.78, 5) is 12.0. The molecule has 6 heteroatoms. The topological polar surface area (TPSA) is 54.7 Å². The molecule has 0 amide bonds. The summed E-state index contributed by atoms with van der Waals surface area (Å²) in [6, 6.07) is 13.7. The van der Waals surface area contributed by atoms with E-state index in [1.165, 1.54) is 12.1 Å². The molecular weight excluding hydrogens is 373 g/mol. The van der Waals surface area contributed by atoms with E-state index in [0.717, 1.165) is 22.5 Å². The second-order valence-electron chi connectivity index (χ2n) is 5.16. The Morgan fingerprint density at radius 3 is 2.33 bits per heavy atom. The number of hydrogen-bond donors (Lipinski definition) is 1. The fraction of sp³-hybridized carbons (Fsp3) is 0. The number of nitrogens with zero attached hydrogens (tertiary/aromatic N) is 2. The molecule has 24 heavy (non-hydrogen) atoms. The number of furan rings is 1. The first-order valence-corrected chi connectivity index (χ1v) is 8.02. The summed E-state index contributed by atoms with van der Waals surface area (Å²) in [5.41, 5.74) is 3.31. The molecule has 0 bridgehead atoms. The number of aromatic nitrogens is 3. The van der Waals surface area contributed by atoms with Gasteiger partial charge in [0.1, 0.15) is 5.82 Å². The Balaban J connectivity index is 1.90. The van der Waals surface area contributed by atoms with Crippen molar-refractivity contribution < 1.29 is 8.81 Å². The lowest BCUT2D eigenvalue weighted by atomic mass is 10.1. The van der Waals surface area contributed by atoms with Crippen LogP contribution in [0.15, 0.2) is 70.0 Å². The molecule has 0 radical (unpaired) electrons. The van der Waals surface area contributed by atoms with Crippen LogP contribution in [0.5, 0.6) is 0 Å². The summed E-state index contributed by atoms with van der Waals surface area (Å²) in [6.07, 6.45) is 3.43. The van der Waals surface area contributed by atoms with Crippen molar-refractivity contribution in [3.05, 3.63) is 71.4 Å². The molecule has 0 saturated heterocycles. The van der Waals surface area contributed by atoms with Crippen LogP contribution in [-0.4, -0.2) is 15.0 Å². The molecule has 0 aliphatic heterocycles. The Bertz CT molecular complexity index is 977. The minimum Gasteiger partial charge on any atom is -0.446 e. The van der Waals surface area contributed by atoms with E-state index in [0.29, 0.717) is 16.3 Å². The number of nitrogens with one attached hydrogen (secondary N) is 1. The molecule has 0 fully saturated rings. The molecule has 1 N–H and O–H groups in total. The van der Waals surface area contributed by atoms with Gasteiger partial charge in [-0.1, -0.05) is 0 Å². The standard InChI is InChI=1S/C18H11BrFN3O/c19-15-6-5-14(24-15)18-22-16(11-1-3-13(20)4-2-11)17(23-18)12-7-9-21-10-8-12/h1-10H,(H,22,23). The van der Waals surface area contributed by atoms with Gasteiger partial charge in [-0.2, -0.15) is 0 Å². The number of rotatable bonds is 3. The van der Waals surface area contributed by atoms with Crippen molar-refractivity contribution in [2.45, 2.75) is 0 Å². The zero-order valence-corrected chi connectivity index (χ0v) is 13.9. The van der Waals surface area contributed by atoms with Gasteiger partial charge in [0, 0.05) is 23.5 Å². The summed E-state index contributed by atoms with van der Waals surface area (Å²) in [7, 11) is 0. The highest BCUT2D eigenvalue weighted by atomic mass is 79.9. The molecule has 4 nitrogen and oxygen atoms in total. The van der Waals surface area contributed by atoms with Gasteiger partial charge in [-0.15, -0.1) is 0 Å². The monoisotopic (exact) mass is 383 g/mol. The normalized spacial score (nSPS) is 10.9. The Morgan fingerprint density at radius 1 is 0.917 bits per heavy atom. The number of pyridine rings is 1. The van der Waals surface area contributed by atoms with E-state index in [2.05, 4.69) is 30.9 Å². The van der Waals surface area contributed by atoms with Crippen LogP contribution in [0.4, 0.5) is 4.39 Å². The van der Waals surface area contributed by atoms with Gasteiger partial charge < -0.3 is 9.40 Å². The van der Waals surface area contributed by atoms with Crippen LogP contribution in [-0.2, 0) is 0 Å². The first-order valence-electron chi connectivity index (χ1n) is 7.23. The third-order valence-electron chi connectivity index (χ3n) is 3.60. The summed E-state index contributed by atoms with van der Waals surface area (Å²) >= 11 is 3.29. The molecular formula is C18H11BrFN3O. The van der Waals surface area contributed by atoms with Gasteiger partial charge in [-0.3, -0.25) is 4.98 Å². The van der Waals surface area contributed by atoms with Crippen LogP contribution in [0.2, 0.25) is 0 Å². The maximum atomic E-state index is 13.2. The minimum atomic E-state index is -0.282. The molecule has 118 valence electrons. The SMILES string of the molecule is Fc1ccc(-c2nc(-c3ccc(Br)o3)[nH]c2-c2ccncc2)cc1. The zero-order chi connectivity index (χ0) is 16.5. The second-order valence-corrected chi connectivity index (χ2v) is 5.94. The van der Waals surface area contributed by atoms with Crippen LogP contribution in [0, 0.1) is 5.82 Å². The summed E-state index contributed by atoms with van der Waals surface area (Å²) in [6.45, 7) is 0. The van der Waals surface area contributed by atoms with Crippen molar-refractivity contribution in [2.75, 3.05) is 0 Å². The van der Waals surface area contributed by atoms with Crippen molar-refractivity contribution in [3.63, 3.8) is 0 Å². The highest BCUT2D eigenvalue weighted by Crippen LogP contribution is 2.33. The van der Waals surface area contributed by atoms with Crippen molar-refractivity contribution in [1.82, 2.24) is 15.0 Å². The molecule has 3 aromatic heterocycles. The predicted molar refractivity (Wildman–Crippen MR) is 92.6 cm³/mol. The van der Waals surface area contributed by atoms with Crippen molar-refractivity contribution in [3.8, 4) is 34.1 Å². The second kappa shape index (κ2) is 6.05. The Labute approximate surface area is 145 Å². The Hall–Kier alpha value is -2.73. The number of aromatic amines is 1. The first-order chi connectivity index (χ1) is 11.7. The maximum Gasteiger partial charge on any atom is 0.174 e. The lowest BCUT2D eigenvalue weighted by Crippen LogP contribution is -1.84. The lowest BCUT2D eigenvalue weighted by Gasteiger charge is -2.02. The van der Waals surface area contributed by atoms with Crippen molar-refractivity contribution >= 4 is 15.9 Å². The quantitative estimate of drug-likeness (QED) is 0.522. The van der Waals surface area contributed by atoms with E-state index in [9.17, 15) is 4.39 Å². The van der Waals surface area contributed by atoms with E-state index in [-0.39, 0.29) is 5.82 Å². The number of halogens is 2. The van der Waals surface area contributed by atoms with E-state index >= 15 is 0 Å². The smallest absolute Gasteiger partial charge is 0.174 e. The third-order valence-corrected chi connectivity index (χ3v) is 4.02. The first kappa shape index (κ1) is 14.8. The molecule has 0 spiro atoms. The van der Waals surface area contributed by atoms with Crippen LogP contribution in [0.25, 0.3) is 34.1 Å². The van der Waals surface area contributed by atoms with E-state index in [1.807, 2.05) is 24.3 Å². The average molecular weight is 384 g/mol. The predicted octanol–water partition coefficient (Wildman–Crippen LogP) is 5.30. The molecule has 0 aliphatic carbocycles. The van der Waals surface area contributed by atoms with E-state index < -0.39 is 0 Å². The molecule has 4 aromatic rings. The van der Waals surface area contributed by atoms with E-state index in [1.54, 1.807) is 24.5 Å². The molecule has 4 rings (SSSR count). The lowest BCUT2D eigenvalue weighted by molar-refractivity contribution is 0.552. The van der Waals surface area contributed by atoms with Gasteiger partial charge in [0.15, 0.2) is 16.3 Å². The molecule has 3 heterocycles. The van der Waals surface area contributed by atoms with Crippen LogP contribution < -0.4 is 0 Å². The molecule has 0 unspecified atom stereocenters. The fourth-order valence-electron chi connectivity index (χ4n) is 2.48. The molecule has 1 aromatic carbocycles. The molecule has 0 aliphatic rings. The highest BCUT2D eigenvalue weighted by Gasteiger charge is 2.17. The number of imidazole rings is 1. The number of H-pyrrole nitrogens is 1. The average Bonchev–Trinajstić information content (AvgIpc) is 3.23. The maximum absolute atomic E-state index is 13.2. The molecule has 0 atom stereocenters. The summed E-state index contributed by atoms with van der Waals surface area (Å²) < 4.78 is 19.4. The van der Waals surface area contributed by atoms with E-state index in [4.69, 9.17) is 4.42 Å². The van der Waals surface area contributed by atoms with Crippen molar-refractivity contribution in [1.29, 1.82) is 0 Å². The van der Waals surface area contributed by atoms with Crippen molar-refractivity contribution in [2.24, 2.45) is 0 Å². The summed E-state index contributed by atoms with van der Waals surface area (Å²) in [5, 5.41) is 0.